The minimum atomic E-state index is -0.778. The van der Waals surface area contributed by atoms with Gasteiger partial charge in [0.05, 0.1) is 31.8 Å². The third-order valence-corrected chi connectivity index (χ3v) is 4.93. The lowest BCUT2D eigenvalue weighted by atomic mass is 9.92. The number of amides is 2. The number of nitrogens with one attached hydrogen (secondary N) is 2. The van der Waals surface area contributed by atoms with Crippen LogP contribution in [0, 0.1) is 0 Å². The number of hydrogen-bond acceptors (Lipinski definition) is 8. The van der Waals surface area contributed by atoms with E-state index in [1.807, 2.05) is 4.90 Å². The van der Waals surface area contributed by atoms with Crippen molar-refractivity contribution in [1.82, 2.24) is 9.97 Å². The number of nitrogens with two attached hydrogens (primary N) is 1. The summed E-state index contributed by atoms with van der Waals surface area (Å²) in [6, 6.07) is 6.93. The monoisotopic (exact) mass is 398 g/mol. The topological polar surface area (TPSA) is 132 Å². The standard InChI is InChI=1S/C19H22N6O4/c1-28-12-4-2-11(3-5-12)21-18(27)13-10-14(26)22-17-15(13)16(20)23-19(24-17)25-6-8-29-9-7-25/h2-5,13H,6-10H2,1H3,(H,21,27)(H3,20,22,23,24,26)/t13-/m1/s1. The van der Waals surface area contributed by atoms with E-state index in [2.05, 4.69) is 20.6 Å². The van der Waals surface area contributed by atoms with Gasteiger partial charge in [0.15, 0.2) is 0 Å². The van der Waals surface area contributed by atoms with Gasteiger partial charge < -0.3 is 30.7 Å². The predicted octanol–water partition coefficient (Wildman–Crippen LogP) is 0.968. The van der Waals surface area contributed by atoms with Gasteiger partial charge in [-0.25, -0.2) is 0 Å². The van der Waals surface area contributed by atoms with Gasteiger partial charge in [-0.15, -0.1) is 0 Å². The normalized spacial score (nSPS) is 18.6. The SMILES string of the molecule is COc1ccc(NC(=O)[C@@H]2CC(=O)Nc3nc(N4CCOCC4)nc(N)c32)cc1. The summed E-state index contributed by atoms with van der Waals surface area (Å²) in [6.07, 6.45) is -0.0283. The van der Waals surface area contributed by atoms with E-state index in [1.165, 1.54) is 0 Å². The fourth-order valence-corrected chi connectivity index (χ4v) is 3.42. The number of ether oxygens (including phenoxy) is 2. The number of hydrogen-bond donors (Lipinski definition) is 3. The maximum Gasteiger partial charge on any atom is 0.232 e. The first-order valence-corrected chi connectivity index (χ1v) is 9.30. The zero-order valence-corrected chi connectivity index (χ0v) is 16.0. The van der Waals surface area contributed by atoms with Crippen LogP contribution in [-0.2, 0) is 14.3 Å². The number of morpholine rings is 1. The van der Waals surface area contributed by atoms with Crippen molar-refractivity contribution in [2.45, 2.75) is 12.3 Å². The van der Waals surface area contributed by atoms with E-state index < -0.39 is 5.92 Å². The molecule has 1 fully saturated rings. The molecule has 29 heavy (non-hydrogen) atoms. The summed E-state index contributed by atoms with van der Waals surface area (Å²) in [4.78, 5) is 35.9. The molecule has 1 saturated heterocycles. The summed E-state index contributed by atoms with van der Waals surface area (Å²) in [5.41, 5.74) is 7.23. The van der Waals surface area contributed by atoms with Crippen LogP contribution in [0.25, 0.3) is 0 Å². The second kappa shape index (κ2) is 7.92. The largest absolute Gasteiger partial charge is 0.497 e. The summed E-state index contributed by atoms with van der Waals surface area (Å²) in [5, 5.41) is 5.54. The van der Waals surface area contributed by atoms with Crippen LogP contribution in [0.5, 0.6) is 5.75 Å². The first-order valence-electron chi connectivity index (χ1n) is 9.30. The van der Waals surface area contributed by atoms with Crippen molar-refractivity contribution >= 4 is 35.1 Å². The van der Waals surface area contributed by atoms with Crippen molar-refractivity contribution in [3.8, 4) is 5.75 Å². The van der Waals surface area contributed by atoms with Crippen molar-refractivity contribution in [3.05, 3.63) is 29.8 Å². The highest BCUT2D eigenvalue weighted by Crippen LogP contribution is 2.36. The Balaban J connectivity index is 1.60. The minimum absolute atomic E-state index is 0.0283. The Morgan fingerprint density at radius 3 is 2.69 bits per heavy atom. The molecule has 2 aliphatic rings. The predicted molar refractivity (Wildman–Crippen MR) is 107 cm³/mol. The lowest BCUT2D eigenvalue weighted by Crippen LogP contribution is -2.38. The molecular formula is C19H22N6O4. The van der Waals surface area contributed by atoms with Crippen molar-refractivity contribution < 1.29 is 19.1 Å². The highest BCUT2D eigenvalue weighted by molar-refractivity contribution is 6.05. The number of rotatable bonds is 4. The molecule has 0 radical (unpaired) electrons. The summed E-state index contributed by atoms with van der Waals surface area (Å²) in [7, 11) is 1.57. The van der Waals surface area contributed by atoms with Crippen LogP contribution in [0.1, 0.15) is 17.9 Å². The molecule has 0 aliphatic carbocycles. The molecule has 10 heteroatoms. The molecular weight excluding hydrogens is 376 g/mol. The molecule has 10 nitrogen and oxygen atoms in total. The lowest BCUT2D eigenvalue weighted by molar-refractivity contribution is -0.123. The number of benzene rings is 1. The fourth-order valence-electron chi connectivity index (χ4n) is 3.42. The Bertz CT molecular complexity index is 927. The smallest absolute Gasteiger partial charge is 0.232 e. The number of fused-ring (bicyclic) bond motifs is 1. The Labute approximate surface area is 167 Å². The number of anilines is 4. The Hall–Kier alpha value is -3.40. The minimum Gasteiger partial charge on any atom is -0.497 e. The highest BCUT2D eigenvalue weighted by Gasteiger charge is 2.35. The molecule has 2 aliphatic heterocycles. The first-order chi connectivity index (χ1) is 14.0. The number of methoxy groups -OCH3 is 1. The molecule has 2 amide bonds. The molecule has 0 unspecified atom stereocenters. The molecule has 1 aromatic carbocycles. The summed E-state index contributed by atoms with van der Waals surface area (Å²) < 4.78 is 10.5. The molecule has 0 spiro atoms. The first kappa shape index (κ1) is 18.9. The molecule has 3 heterocycles. The second-order valence-electron chi connectivity index (χ2n) is 6.79. The summed E-state index contributed by atoms with van der Waals surface area (Å²) in [6.45, 7) is 2.40. The van der Waals surface area contributed by atoms with Crippen LogP contribution in [0.4, 0.5) is 23.3 Å². The number of nitrogen functional groups attached to an aromatic ring is 1. The van der Waals surface area contributed by atoms with Gasteiger partial charge in [0, 0.05) is 25.2 Å². The van der Waals surface area contributed by atoms with Gasteiger partial charge in [-0.05, 0) is 24.3 Å². The van der Waals surface area contributed by atoms with Crippen LogP contribution in [0.2, 0.25) is 0 Å². The van der Waals surface area contributed by atoms with E-state index in [0.29, 0.717) is 49.3 Å². The maximum atomic E-state index is 12.9. The van der Waals surface area contributed by atoms with Gasteiger partial charge in [0.2, 0.25) is 17.8 Å². The van der Waals surface area contributed by atoms with Gasteiger partial charge in [0.25, 0.3) is 0 Å². The molecule has 2 aromatic rings. The van der Waals surface area contributed by atoms with Crippen LogP contribution in [0.15, 0.2) is 24.3 Å². The summed E-state index contributed by atoms with van der Waals surface area (Å²) in [5.74, 6) is 0.148. The number of carbonyl (C=O) groups excluding carboxylic acids is 2. The van der Waals surface area contributed by atoms with Gasteiger partial charge in [-0.3, -0.25) is 9.59 Å². The van der Waals surface area contributed by atoms with Crippen molar-refractivity contribution in [3.63, 3.8) is 0 Å². The zero-order chi connectivity index (χ0) is 20.4. The molecule has 152 valence electrons. The van der Waals surface area contributed by atoms with E-state index in [9.17, 15) is 9.59 Å². The van der Waals surface area contributed by atoms with Gasteiger partial charge in [-0.1, -0.05) is 0 Å². The van der Waals surface area contributed by atoms with Gasteiger partial charge >= 0.3 is 0 Å². The number of aromatic nitrogens is 2. The van der Waals surface area contributed by atoms with Crippen LogP contribution >= 0.6 is 0 Å². The molecule has 4 rings (SSSR count). The van der Waals surface area contributed by atoms with E-state index in [-0.39, 0.29) is 29.9 Å². The molecule has 1 atom stereocenters. The Morgan fingerprint density at radius 2 is 2.00 bits per heavy atom. The van der Waals surface area contributed by atoms with Crippen LogP contribution in [0.3, 0.4) is 0 Å². The summed E-state index contributed by atoms with van der Waals surface area (Å²) >= 11 is 0. The van der Waals surface area contributed by atoms with Crippen molar-refractivity contribution in [2.75, 3.05) is 54.7 Å². The average Bonchev–Trinajstić information content (AvgIpc) is 2.74. The Morgan fingerprint density at radius 1 is 1.28 bits per heavy atom. The van der Waals surface area contributed by atoms with E-state index in [1.54, 1.807) is 31.4 Å². The molecule has 1 aromatic heterocycles. The lowest BCUT2D eigenvalue weighted by Gasteiger charge is -2.30. The van der Waals surface area contributed by atoms with E-state index in [4.69, 9.17) is 15.2 Å². The average molecular weight is 398 g/mol. The maximum absolute atomic E-state index is 12.9. The quantitative estimate of drug-likeness (QED) is 0.694. The van der Waals surface area contributed by atoms with Gasteiger partial charge in [-0.2, -0.15) is 9.97 Å². The van der Waals surface area contributed by atoms with Crippen LogP contribution in [-0.4, -0.2) is 55.2 Å². The Kier molecular flexibility index (Phi) is 5.17. The van der Waals surface area contributed by atoms with E-state index >= 15 is 0 Å². The molecule has 0 bridgehead atoms. The second-order valence-corrected chi connectivity index (χ2v) is 6.79. The van der Waals surface area contributed by atoms with Crippen LogP contribution < -0.4 is 26.0 Å². The molecule has 4 N–H and O–H groups in total. The highest BCUT2D eigenvalue weighted by atomic mass is 16.5. The van der Waals surface area contributed by atoms with Crippen molar-refractivity contribution in [1.29, 1.82) is 0 Å². The number of nitrogens with zero attached hydrogens (tertiary/aromatic N) is 3. The van der Waals surface area contributed by atoms with Gasteiger partial charge in [0.1, 0.15) is 17.4 Å². The van der Waals surface area contributed by atoms with Crippen molar-refractivity contribution in [2.24, 2.45) is 0 Å². The number of carbonyl (C=O) groups is 2. The fraction of sp³-hybridized carbons (Fsp3) is 0.368. The third kappa shape index (κ3) is 3.92. The zero-order valence-electron chi connectivity index (χ0n) is 16.0. The molecule has 0 saturated carbocycles. The van der Waals surface area contributed by atoms with E-state index in [0.717, 1.165) is 0 Å². The third-order valence-electron chi connectivity index (χ3n) is 4.93.